The summed E-state index contributed by atoms with van der Waals surface area (Å²) in [5.74, 6) is 0.620. The lowest BCUT2D eigenvalue weighted by Gasteiger charge is -2.02. The Kier molecular flexibility index (Phi) is 3.77. The molecule has 0 N–H and O–H groups in total. The molecule has 22 heavy (non-hydrogen) atoms. The molecule has 0 aliphatic heterocycles. The summed E-state index contributed by atoms with van der Waals surface area (Å²) in [6, 6.07) is 16.2. The van der Waals surface area contributed by atoms with E-state index < -0.39 is 0 Å². The van der Waals surface area contributed by atoms with Gasteiger partial charge in [0.2, 0.25) is 5.78 Å². The molecule has 0 aliphatic rings. The number of rotatable bonds is 1. The Morgan fingerprint density at radius 1 is 0.955 bits per heavy atom. The summed E-state index contributed by atoms with van der Waals surface area (Å²) in [6.07, 6.45) is 2.01. The van der Waals surface area contributed by atoms with E-state index in [-0.39, 0.29) is 12.4 Å². The minimum Gasteiger partial charge on any atom is -0.283 e. The van der Waals surface area contributed by atoms with Crippen LogP contribution in [-0.2, 0) is 0 Å². The Balaban J connectivity index is 0.00000144. The number of fused-ring (bicyclic) bond motifs is 3. The fourth-order valence-corrected chi connectivity index (χ4v) is 2.73. The number of para-hydroxylation sites is 1. The van der Waals surface area contributed by atoms with Gasteiger partial charge >= 0.3 is 0 Å². The third-order valence-corrected chi connectivity index (χ3v) is 3.91. The molecule has 0 fully saturated rings. The van der Waals surface area contributed by atoms with Gasteiger partial charge in [-0.15, -0.1) is 12.4 Å². The second-order valence-electron chi connectivity index (χ2n) is 5.08. The van der Waals surface area contributed by atoms with Crippen LogP contribution in [0.5, 0.6) is 0 Å². The van der Waals surface area contributed by atoms with E-state index in [1.165, 1.54) is 5.56 Å². The lowest BCUT2D eigenvalue weighted by atomic mass is 10.1. The smallest absolute Gasteiger partial charge is 0.236 e. The number of aryl methyl sites for hydroxylation is 1. The van der Waals surface area contributed by atoms with Crippen LogP contribution in [0.15, 0.2) is 54.7 Å². The first kappa shape index (κ1) is 14.8. The van der Waals surface area contributed by atoms with Gasteiger partial charge in [0, 0.05) is 17.1 Å². The highest BCUT2D eigenvalue weighted by atomic mass is 35.5. The van der Waals surface area contributed by atoms with Crippen molar-refractivity contribution in [2.75, 3.05) is 0 Å². The van der Waals surface area contributed by atoms with E-state index in [0.29, 0.717) is 10.9 Å². The first-order valence-corrected chi connectivity index (χ1v) is 7.10. The summed E-state index contributed by atoms with van der Waals surface area (Å²) in [4.78, 5) is 8.98. The minimum absolute atomic E-state index is 0. The van der Waals surface area contributed by atoms with Crippen molar-refractivity contribution in [3.05, 3.63) is 65.4 Å². The number of hydrogen-bond donors (Lipinski definition) is 0. The SMILES string of the molecule is Cc1ccc(-c2cn3c(n2)nc(Cl)c2ccccc23)cc1.Cl. The van der Waals surface area contributed by atoms with Gasteiger partial charge in [-0.3, -0.25) is 4.40 Å². The molecule has 0 aliphatic carbocycles. The van der Waals surface area contributed by atoms with E-state index in [1.807, 2.05) is 34.9 Å². The number of nitrogens with zero attached hydrogens (tertiary/aromatic N) is 3. The third-order valence-electron chi connectivity index (χ3n) is 3.62. The zero-order valence-corrected chi connectivity index (χ0v) is 13.4. The highest BCUT2D eigenvalue weighted by Gasteiger charge is 2.10. The molecule has 0 bridgehead atoms. The standard InChI is InChI=1S/C17H12ClN3.ClH/c1-11-6-8-12(9-7-11)14-10-21-15-5-3-2-4-13(15)16(18)20-17(21)19-14;/h2-10H,1H3;1H. The van der Waals surface area contributed by atoms with E-state index >= 15 is 0 Å². The van der Waals surface area contributed by atoms with Crippen LogP contribution < -0.4 is 0 Å². The molecule has 0 atom stereocenters. The second kappa shape index (κ2) is 5.59. The first-order valence-electron chi connectivity index (χ1n) is 6.73. The molecule has 0 radical (unpaired) electrons. The van der Waals surface area contributed by atoms with Gasteiger partial charge in [0.05, 0.1) is 11.2 Å². The Hall–Kier alpha value is -2.10. The van der Waals surface area contributed by atoms with Crippen LogP contribution in [-0.4, -0.2) is 14.4 Å². The summed E-state index contributed by atoms with van der Waals surface area (Å²) in [5, 5.41) is 1.42. The summed E-state index contributed by atoms with van der Waals surface area (Å²) >= 11 is 6.25. The van der Waals surface area contributed by atoms with Gasteiger partial charge in [-0.1, -0.05) is 53.6 Å². The Morgan fingerprint density at radius 3 is 2.45 bits per heavy atom. The van der Waals surface area contributed by atoms with E-state index in [4.69, 9.17) is 11.6 Å². The van der Waals surface area contributed by atoms with E-state index in [1.54, 1.807) is 0 Å². The highest BCUT2D eigenvalue weighted by Crippen LogP contribution is 2.26. The van der Waals surface area contributed by atoms with Gasteiger partial charge in [-0.2, -0.15) is 4.98 Å². The number of aromatic nitrogens is 3. The number of hydrogen-bond acceptors (Lipinski definition) is 2. The molecule has 2 aromatic carbocycles. The molecule has 3 nitrogen and oxygen atoms in total. The monoisotopic (exact) mass is 329 g/mol. The molecule has 0 amide bonds. The van der Waals surface area contributed by atoms with Crippen LogP contribution in [0.1, 0.15) is 5.56 Å². The second-order valence-corrected chi connectivity index (χ2v) is 5.44. The van der Waals surface area contributed by atoms with Crippen molar-refractivity contribution in [2.24, 2.45) is 0 Å². The maximum Gasteiger partial charge on any atom is 0.236 e. The summed E-state index contributed by atoms with van der Waals surface area (Å²) < 4.78 is 1.98. The predicted octanol–water partition coefficient (Wildman–Crippen LogP) is 4.93. The van der Waals surface area contributed by atoms with Gasteiger partial charge in [0.25, 0.3) is 0 Å². The molecule has 0 unspecified atom stereocenters. The van der Waals surface area contributed by atoms with Crippen molar-refractivity contribution in [3.8, 4) is 11.3 Å². The number of imidazole rings is 1. The fraction of sp³-hybridized carbons (Fsp3) is 0.0588. The summed E-state index contributed by atoms with van der Waals surface area (Å²) in [5.41, 5.74) is 4.22. The van der Waals surface area contributed by atoms with Crippen molar-refractivity contribution >= 4 is 40.7 Å². The lowest BCUT2D eigenvalue weighted by Crippen LogP contribution is -1.91. The maximum atomic E-state index is 6.25. The van der Waals surface area contributed by atoms with Gasteiger partial charge in [0.15, 0.2) is 0 Å². The molecule has 110 valence electrons. The average molecular weight is 330 g/mol. The van der Waals surface area contributed by atoms with Gasteiger partial charge in [-0.25, -0.2) is 4.98 Å². The zero-order chi connectivity index (χ0) is 14.4. The molecule has 4 aromatic rings. The molecule has 2 heterocycles. The third kappa shape index (κ3) is 2.32. The van der Waals surface area contributed by atoms with Crippen molar-refractivity contribution in [1.82, 2.24) is 14.4 Å². The van der Waals surface area contributed by atoms with E-state index in [9.17, 15) is 0 Å². The quantitative estimate of drug-likeness (QED) is 0.463. The van der Waals surface area contributed by atoms with Crippen LogP contribution in [0.2, 0.25) is 5.15 Å². The molecular weight excluding hydrogens is 317 g/mol. The Bertz CT molecular complexity index is 959. The zero-order valence-electron chi connectivity index (χ0n) is 11.8. The molecular formula is C17H13Cl2N3. The topological polar surface area (TPSA) is 30.2 Å². The van der Waals surface area contributed by atoms with Crippen LogP contribution in [0.4, 0.5) is 0 Å². The average Bonchev–Trinajstić information content (AvgIpc) is 2.92. The molecule has 0 spiro atoms. The maximum absolute atomic E-state index is 6.25. The summed E-state index contributed by atoms with van der Waals surface area (Å²) in [6.45, 7) is 2.07. The van der Waals surface area contributed by atoms with Gasteiger partial charge < -0.3 is 0 Å². The molecule has 4 rings (SSSR count). The number of benzene rings is 2. The van der Waals surface area contributed by atoms with Crippen LogP contribution in [0.3, 0.4) is 0 Å². The largest absolute Gasteiger partial charge is 0.283 e. The molecule has 5 heteroatoms. The normalized spacial score (nSPS) is 10.8. The Labute approximate surface area is 139 Å². The minimum atomic E-state index is 0. The molecule has 2 aromatic heterocycles. The van der Waals surface area contributed by atoms with Crippen molar-refractivity contribution in [2.45, 2.75) is 6.92 Å². The first-order chi connectivity index (χ1) is 10.2. The predicted molar refractivity (Wildman–Crippen MR) is 92.9 cm³/mol. The molecule has 0 saturated heterocycles. The lowest BCUT2D eigenvalue weighted by molar-refractivity contribution is 1.17. The van der Waals surface area contributed by atoms with E-state index in [2.05, 4.69) is 41.2 Å². The summed E-state index contributed by atoms with van der Waals surface area (Å²) in [7, 11) is 0. The fourth-order valence-electron chi connectivity index (χ4n) is 2.50. The van der Waals surface area contributed by atoms with Crippen molar-refractivity contribution < 1.29 is 0 Å². The van der Waals surface area contributed by atoms with Gasteiger partial charge in [0.1, 0.15) is 5.15 Å². The van der Waals surface area contributed by atoms with E-state index in [0.717, 1.165) is 22.2 Å². The van der Waals surface area contributed by atoms with Crippen LogP contribution in [0.25, 0.3) is 27.9 Å². The molecule has 0 saturated carbocycles. The van der Waals surface area contributed by atoms with Gasteiger partial charge in [-0.05, 0) is 19.1 Å². The van der Waals surface area contributed by atoms with Crippen molar-refractivity contribution in [3.63, 3.8) is 0 Å². The Morgan fingerprint density at radius 2 is 1.68 bits per heavy atom. The highest BCUT2D eigenvalue weighted by molar-refractivity contribution is 6.34. The number of halogens is 2. The van der Waals surface area contributed by atoms with Crippen LogP contribution in [0, 0.1) is 6.92 Å². The van der Waals surface area contributed by atoms with Crippen molar-refractivity contribution in [1.29, 1.82) is 0 Å². The van der Waals surface area contributed by atoms with Crippen LogP contribution >= 0.6 is 24.0 Å².